The maximum Gasteiger partial charge on any atom is 0.407 e. The molecule has 1 aliphatic carbocycles. The van der Waals surface area contributed by atoms with E-state index in [1.54, 1.807) is 29.5 Å². The molecule has 178 valence electrons. The smallest absolute Gasteiger partial charge is 0.407 e. The summed E-state index contributed by atoms with van der Waals surface area (Å²) in [6.45, 7) is 6.84. The number of fused-ring (bicyclic) bond motifs is 1. The maximum absolute atomic E-state index is 12.0. The van der Waals surface area contributed by atoms with Crippen molar-refractivity contribution >= 4 is 28.8 Å². The number of ether oxygens (including phenoxy) is 1. The summed E-state index contributed by atoms with van der Waals surface area (Å²) in [7, 11) is 0. The molecule has 0 unspecified atom stereocenters. The van der Waals surface area contributed by atoms with E-state index < -0.39 is 5.60 Å². The van der Waals surface area contributed by atoms with Crippen LogP contribution >= 0.6 is 0 Å². The number of nitrogens with one attached hydrogen (secondary N) is 2. The van der Waals surface area contributed by atoms with Crippen LogP contribution in [0.25, 0.3) is 11.0 Å². The second-order valence-electron chi connectivity index (χ2n) is 9.50. The molecule has 0 bridgehead atoms. The third-order valence-corrected chi connectivity index (χ3v) is 5.59. The van der Waals surface area contributed by atoms with E-state index in [1.807, 2.05) is 25.5 Å². The Balaban J connectivity index is 1.34. The van der Waals surface area contributed by atoms with Gasteiger partial charge in [-0.3, -0.25) is 4.68 Å². The fourth-order valence-electron chi connectivity index (χ4n) is 4.05. The summed E-state index contributed by atoms with van der Waals surface area (Å²) < 4.78 is 8.95. The first-order valence-corrected chi connectivity index (χ1v) is 11.4. The van der Waals surface area contributed by atoms with Crippen LogP contribution in [0.2, 0.25) is 0 Å². The molecule has 0 atom stereocenters. The zero-order valence-corrected chi connectivity index (χ0v) is 19.4. The maximum atomic E-state index is 12.0. The molecular formula is C22H32N8O3. The molecule has 1 fully saturated rings. The predicted molar refractivity (Wildman–Crippen MR) is 123 cm³/mol. The number of carbonyl (C=O) groups excluding carboxylic acids is 1. The molecule has 1 aliphatic rings. The highest BCUT2D eigenvalue weighted by molar-refractivity contribution is 5.75. The minimum absolute atomic E-state index is 0.0295. The summed E-state index contributed by atoms with van der Waals surface area (Å²) in [5.41, 5.74) is 1.05. The molecule has 0 aromatic carbocycles. The predicted octanol–water partition coefficient (Wildman–Crippen LogP) is 2.84. The molecule has 0 radical (unpaired) electrons. The van der Waals surface area contributed by atoms with Crippen LogP contribution in [0.4, 0.5) is 16.4 Å². The molecule has 3 heterocycles. The van der Waals surface area contributed by atoms with Gasteiger partial charge in [0.15, 0.2) is 5.65 Å². The van der Waals surface area contributed by atoms with Gasteiger partial charge in [0.1, 0.15) is 5.60 Å². The summed E-state index contributed by atoms with van der Waals surface area (Å²) in [5.74, 6) is 0.936. The van der Waals surface area contributed by atoms with Crippen LogP contribution in [0, 0.1) is 5.92 Å². The van der Waals surface area contributed by atoms with Crippen molar-refractivity contribution < 1.29 is 14.6 Å². The van der Waals surface area contributed by atoms with Gasteiger partial charge in [0.25, 0.3) is 0 Å². The van der Waals surface area contributed by atoms with E-state index in [2.05, 4.69) is 30.8 Å². The molecule has 3 N–H and O–H groups in total. The molecule has 3 aromatic rings. The second kappa shape index (κ2) is 9.74. The summed E-state index contributed by atoms with van der Waals surface area (Å²) in [5, 5.41) is 24.8. The zero-order chi connectivity index (χ0) is 23.4. The number of aliphatic hydroxyl groups excluding tert-OH is 1. The van der Waals surface area contributed by atoms with Crippen molar-refractivity contribution in [3.63, 3.8) is 0 Å². The van der Waals surface area contributed by atoms with Gasteiger partial charge in [-0.25, -0.2) is 14.5 Å². The number of amides is 1. The Morgan fingerprint density at radius 1 is 1.18 bits per heavy atom. The van der Waals surface area contributed by atoms with Gasteiger partial charge in [0.2, 0.25) is 5.95 Å². The van der Waals surface area contributed by atoms with Crippen LogP contribution < -0.4 is 10.6 Å². The van der Waals surface area contributed by atoms with Gasteiger partial charge in [0, 0.05) is 25.0 Å². The molecule has 11 nitrogen and oxygen atoms in total. The fourth-order valence-corrected chi connectivity index (χ4v) is 4.05. The van der Waals surface area contributed by atoms with Crippen LogP contribution in [-0.2, 0) is 17.8 Å². The molecular weight excluding hydrogens is 424 g/mol. The number of aliphatic hydroxyl groups is 1. The number of alkyl carbamates (subject to hydrolysis) is 1. The number of hydrogen-bond donors (Lipinski definition) is 3. The molecule has 1 amide bonds. The minimum Gasteiger partial charge on any atom is -0.444 e. The molecule has 4 rings (SSSR count). The quantitative estimate of drug-likeness (QED) is 0.494. The Morgan fingerprint density at radius 2 is 1.97 bits per heavy atom. The van der Waals surface area contributed by atoms with Crippen molar-refractivity contribution in [3.8, 4) is 0 Å². The lowest BCUT2D eigenvalue weighted by molar-refractivity contribution is 0.0486. The number of rotatable bonds is 7. The number of carbonyl (C=O) groups is 1. The largest absolute Gasteiger partial charge is 0.444 e. The van der Waals surface area contributed by atoms with Crippen molar-refractivity contribution in [1.82, 2.24) is 34.8 Å². The average Bonchev–Trinajstić information content (AvgIpc) is 3.35. The molecule has 33 heavy (non-hydrogen) atoms. The van der Waals surface area contributed by atoms with Gasteiger partial charge in [-0.05, 0) is 52.4 Å². The van der Waals surface area contributed by atoms with E-state index in [4.69, 9.17) is 9.84 Å². The number of nitrogens with zero attached hydrogens (tertiary/aromatic N) is 6. The van der Waals surface area contributed by atoms with Crippen molar-refractivity contribution in [3.05, 3.63) is 24.8 Å². The number of aromatic nitrogens is 6. The Labute approximate surface area is 192 Å². The normalized spacial score (nSPS) is 18.9. The number of anilines is 2. The van der Waals surface area contributed by atoms with E-state index in [9.17, 15) is 4.79 Å². The van der Waals surface area contributed by atoms with E-state index in [1.165, 1.54) is 0 Å². The lowest BCUT2D eigenvalue weighted by Crippen LogP contribution is -2.41. The highest BCUT2D eigenvalue weighted by Crippen LogP contribution is 2.27. The lowest BCUT2D eigenvalue weighted by atomic mass is 9.86. The standard InChI is InChI=1S/C22H32N8O3/c1-22(2,3)33-21(32)27-17-6-4-15(5-7-17)13-30-19-16(11-25-30)10-23-20(28-19)26-18-12-24-29(14-18)8-9-31/h10-12,14-15,17,31H,4-9,13H2,1-3H3,(H,27,32)(H,23,26,28). The molecule has 1 saturated carbocycles. The van der Waals surface area contributed by atoms with Gasteiger partial charge < -0.3 is 20.5 Å². The van der Waals surface area contributed by atoms with Crippen LogP contribution in [-0.4, -0.2) is 59.0 Å². The van der Waals surface area contributed by atoms with E-state index in [0.717, 1.165) is 48.9 Å². The van der Waals surface area contributed by atoms with Gasteiger partial charge in [-0.1, -0.05) is 0 Å². The van der Waals surface area contributed by atoms with Gasteiger partial charge in [-0.15, -0.1) is 0 Å². The van der Waals surface area contributed by atoms with E-state index in [0.29, 0.717) is 18.4 Å². The SMILES string of the molecule is CC(C)(C)OC(=O)NC1CCC(Cn2ncc3cnc(Nc4cnn(CCO)c4)nc32)CC1. The van der Waals surface area contributed by atoms with Crippen LogP contribution in [0.15, 0.2) is 24.8 Å². The van der Waals surface area contributed by atoms with Crippen LogP contribution in [0.1, 0.15) is 46.5 Å². The lowest BCUT2D eigenvalue weighted by Gasteiger charge is -2.30. The Bertz CT molecular complexity index is 1080. The number of hydrogen-bond acceptors (Lipinski definition) is 8. The summed E-state index contributed by atoms with van der Waals surface area (Å²) in [4.78, 5) is 21.0. The van der Waals surface area contributed by atoms with Crippen LogP contribution in [0.5, 0.6) is 0 Å². The third kappa shape index (κ3) is 6.19. The van der Waals surface area contributed by atoms with Gasteiger partial charge >= 0.3 is 6.09 Å². The molecule has 0 spiro atoms. The Kier molecular flexibility index (Phi) is 6.77. The van der Waals surface area contributed by atoms with Crippen molar-refractivity contribution in [2.75, 3.05) is 11.9 Å². The van der Waals surface area contributed by atoms with E-state index in [-0.39, 0.29) is 18.7 Å². The molecule has 11 heteroatoms. The molecule has 0 saturated heterocycles. The molecule has 3 aromatic heterocycles. The average molecular weight is 457 g/mol. The highest BCUT2D eigenvalue weighted by Gasteiger charge is 2.25. The fraction of sp³-hybridized carbons (Fsp3) is 0.591. The van der Waals surface area contributed by atoms with Gasteiger partial charge in [-0.2, -0.15) is 15.2 Å². The summed E-state index contributed by atoms with van der Waals surface area (Å²) in [6.07, 6.45) is 10.5. The Hall–Kier alpha value is -3.21. The first-order chi connectivity index (χ1) is 15.8. The second-order valence-corrected chi connectivity index (χ2v) is 9.50. The topological polar surface area (TPSA) is 132 Å². The molecule has 0 aliphatic heterocycles. The summed E-state index contributed by atoms with van der Waals surface area (Å²) in [6, 6.07) is 0.148. The zero-order valence-electron chi connectivity index (χ0n) is 19.4. The van der Waals surface area contributed by atoms with Gasteiger partial charge in [0.05, 0.1) is 36.6 Å². The first-order valence-electron chi connectivity index (χ1n) is 11.4. The van der Waals surface area contributed by atoms with Crippen LogP contribution in [0.3, 0.4) is 0 Å². The third-order valence-electron chi connectivity index (χ3n) is 5.59. The van der Waals surface area contributed by atoms with E-state index >= 15 is 0 Å². The van der Waals surface area contributed by atoms with Crippen molar-refractivity contribution in [1.29, 1.82) is 0 Å². The van der Waals surface area contributed by atoms with Crippen molar-refractivity contribution in [2.45, 2.75) is 71.2 Å². The summed E-state index contributed by atoms with van der Waals surface area (Å²) >= 11 is 0. The first kappa shape index (κ1) is 23.0. The monoisotopic (exact) mass is 456 g/mol. The Morgan fingerprint density at radius 3 is 2.70 bits per heavy atom. The highest BCUT2D eigenvalue weighted by atomic mass is 16.6. The minimum atomic E-state index is -0.488. The van der Waals surface area contributed by atoms with Crippen molar-refractivity contribution in [2.24, 2.45) is 5.92 Å².